The monoisotopic (exact) mass is 710 g/mol. The zero-order valence-electron chi connectivity index (χ0n) is 30.0. The molecule has 0 radical (unpaired) electrons. The van der Waals surface area contributed by atoms with Gasteiger partial charge in [0.05, 0.1) is 11.0 Å². The van der Waals surface area contributed by atoms with E-state index in [1.165, 1.54) is 44.5 Å². The zero-order valence-corrected chi connectivity index (χ0v) is 30.9. The first-order chi connectivity index (χ1) is 26.4. The highest BCUT2D eigenvalue weighted by Gasteiger charge is 2.42. The number of benzene rings is 7. The SMILES string of the molecule is CC1(C)c2cc(-c3ccncc3)ccc2-c2ccc(-c3ccc(-n4c5ccccc5c5c6c(ccc54)-c4ccccc4P6(=O)c4ccccc4)cc3)cc21. The molecule has 1 aliphatic carbocycles. The Hall–Kier alpha value is -6.28. The predicted molar refractivity (Wildman–Crippen MR) is 225 cm³/mol. The van der Waals surface area contributed by atoms with Crippen LogP contribution in [0.2, 0.25) is 0 Å². The molecule has 256 valence electrons. The molecule has 0 N–H and O–H groups in total. The van der Waals surface area contributed by atoms with E-state index in [9.17, 15) is 0 Å². The number of fused-ring (bicyclic) bond motifs is 10. The van der Waals surface area contributed by atoms with Crippen LogP contribution in [0.3, 0.4) is 0 Å². The van der Waals surface area contributed by atoms with E-state index < -0.39 is 7.14 Å². The van der Waals surface area contributed by atoms with Crippen molar-refractivity contribution < 1.29 is 4.57 Å². The van der Waals surface area contributed by atoms with Gasteiger partial charge in [-0.05, 0) is 104 Å². The first kappa shape index (κ1) is 31.3. The molecule has 2 aromatic heterocycles. The van der Waals surface area contributed by atoms with E-state index in [-0.39, 0.29) is 5.41 Å². The highest BCUT2D eigenvalue weighted by atomic mass is 31.2. The van der Waals surface area contributed by atoms with Gasteiger partial charge in [0.15, 0.2) is 7.14 Å². The normalized spacial score (nSPS) is 16.3. The molecule has 4 heteroatoms. The van der Waals surface area contributed by atoms with Gasteiger partial charge < -0.3 is 9.13 Å². The Morgan fingerprint density at radius 1 is 0.519 bits per heavy atom. The Balaban J connectivity index is 1.03. The average molecular weight is 711 g/mol. The van der Waals surface area contributed by atoms with Gasteiger partial charge in [-0.15, -0.1) is 0 Å². The fourth-order valence-corrected chi connectivity index (χ4v) is 12.6. The van der Waals surface area contributed by atoms with Crippen molar-refractivity contribution in [1.82, 2.24) is 9.55 Å². The third-order valence-electron chi connectivity index (χ3n) is 11.9. The van der Waals surface area contributed by atoms with Gasteiger partial charge in [0.2, 0.25) is 0 Å². The van der Waals surface area contributed by atoms with Crippen molar-refractivity contribution in [3.8, 4) is 50.2 Å². The standard InChI is InChI=1S/C50H35N2OP/c1-50(2)43-30-34(18-22-38(43)39-23-19-35(31-44(39)50)33-26-28-51-29-27-33)32-16-20-36(21-17-32)52-45-14-8-6-13-42(45)48-46(52)25-24-41-40-12-7-9-15-47(40)54(53,49(41)48)37-10-4-3-5-11-37/h3-31H,1-2H3. The van der Waals surface area contributed by atoms with Gasteiger partial charge in [-0.1, -0.05) is 129 Å². The molecule has 2 aliphatic rings. The van der Waals surface area contributed by atoms with E-state index >= 15 is 4.57 Å². The van der Waals surface area contributed by atoms with Crippen LogP contribution in [-0.4, -0.2) is 9.55 Å². The van der Waals surface area contributed by atoms with E-state index in [1.807, 2.05) is 48.8 Å². The van der Waals surface area contributed by atoms with Crippen LogP contribution in [0.15, 0.2) is 176 Å². The second-order valence-corrected chi connectivity index (χ2v) is 17.8. The lowest BCUT2D eigenvalue weighted by Gasteiger charge is -2.22. The van der Waals surface area contributed by atoms with Gasteiger partial charge >= 0.3 is 0 Å². The summed E-state index contributed by atoms with van der Waals surface area (Å²) in [6.07, 6.45) is 3.72. The quantitative estimate of drug-likeness (QED) is 0.170. The van der Waals surface area contributed by atoms with Crippen LogP contribution in [0.5, 0.6) is 0 Å². The van der Waals surface area contributed by atoms with Crippen LogP contribution < -0.4 is 15.9 Å². The summed E-state index contributed by atoms with van der Waals surface area (Å²) in [7, 11) is -3.15. The zero-order chi connectivity index (χ0) is 36.2. The Bertz CT molecular complexity index is 3030. The van der Waals surface area contributed by atoms with Gasteiger partial charge in [-0.25, -0.2) is 0 Å². The van der Waals surface area contributed by atoms with Crippen LogP contribution in [0.1, 0.15) is 25.0 Å². The highest BCUT2D eigenvalue weighted by molar-refractivity contribution is 7.86. The van der Waals surface area contributed by atoms with Crippen molar-refractivity contribution in [3.05, 3.63) is 187 Å². The van der Waals surface area contributed by atoms with Gasteiger partial charge in [0.25, 0.3) is 0 Å². The van der Waals surface area contributed by atoms with Gasteiger partial charge in [0, 0.05) is 50.2 Å². The van der Waals surface area contributed by atoms with Crippen LogP contribution in [-0.2, 0) is 9.98 Å². The summed E-state index contributed by atoms with van der Waals surface area (Å²) >= 11 is 0. The fraction of sp³-hybridized carbons (Fsp3) is 0.0600. The number of pyridine rings is 1. The Morgan fingerprint density at radius 2 is 1.11 bits per heavy atom. The van der Waals surface area contributed by atoms with Crippen molar-refractivity contribution in [3.63, 3.8) is 0 Å². The molecule has 1 aliphatic heterocycles. The second-order valence-electron chi connectivity index (χ2n) is 15.1. The number of hydrogen-bond donors (Lipinski definition) is 0. The minimum absolute atomic E-state index is 0.133. The summed E-state index contributed by atoms with van der Waals surface area (Å²) in [5.41, 5.74) is 15.4. The molecule has 1 atom stereocenters. The van der Waals surface area contributed by atoms with E-state index in [0.29, 0.717) is 0 Å². The highest BCUT2D eigenvalue weighted by Crippen LogP contribution is 2.55. The molecule has 3 nitrogen and oxygen atoms in total. The van der Waals surface area contributed by atoms with Crippen LogP contribution >= 0.6 is 7.14 Å². The van der Waals surface area contributed by atoms with Crippen molar-refractivity contribution in [2.45, 2.75) is 19.3 Å². The Morgan fingerprint density at radius 3 is 1.83 bits per heavy atom. The van der Waals surface area contributed by atoms with Crippen molar-refractivity contribution in [2.24, 2.45) is 0 Å². The molecule has 0 bridgehead atoms. The minimum atomic E-state index is -3.15. The molecule has 3 heterocycles. The predicted octanol–water partition coefficient (Wildman–Crippen LogP) is 11.4. The minimum Gasteiger partial charge on any atom is -0.309 e. The van der Waals surface area contributed by atoms with Gasteiger partial charge in [-0.3, -0.25) is 4.98 Å². The van der Waals surface area contributed by atoms with E-state index in [2.05, 4.69) is 151 Å². The van der Waals surface area contributed by atoms with E-state index in [1.54, 1.807) is 0 Å². The summed E-state index contributed by atoms with van der Waals surface area (Å²) in [5.74, 6) is 0. The number of aromatic nitrogens is 2. The summed E-state index contributed by atoms with van der Waals surface area (Å²) in [6, 6.07) is 58.2. The maximum atomic E-state index is 15.7. The summed E-state index contributed by atoms with van der Waals surface area (Å²) in [4.78, 5) is 4.21. The van der Waals surface area contributed by atoms with Crippen LogP contribution in [0, 0.1) is 0 Å². The van der Waals surface area contributed by atoms with Crippen LogP contribution in [0.25, 0.3) is 72.0 Å². The Labute approximate surface area is 314 Å². The summed E-state index contributed by atoms with van der Waals surface area (Å²) in [5, 5.41) is 4.94. The smallest absolute Gasteiger partial charge is 0.172 e. The first-order valence-corrected chi connectivity index (χ1v) is 20.3. The lowest BCUT2D eigenvalue weighted by atomic mass is 9.81. The maximum absolute atomic E-state index is 15.7. The molecule has 0 spiro atoms. The third kappa shape index (κ3) is 4.25. The van der Waals surface area contributed by atoms with Gasteiger partial charge in [-0.2, -0.15) is 0 Å². The van der Waals surface area contributed by atoms with Crippen molar-refractivity contribution in [1.29, 1.82) is 0 Å². The second kappa shape index (κ2) is 11.4. The average Bonchev–Trinajstić information content (AvgIpc) is 3.79. The molecule has 0 saturated heterocycles. The summed E-state index contributed by atoms with van der Waals surface area (Å²) in [6.45, 7) is 4.68. The topological polar surface area (TPSA) is 34.9 Å². The van der Waals surface area contributed by atoms with Gasteiger partial charge in [0.1, 0.15) is 0 Å². The molecular formula is C50H35N2OP. The molecule has 1 unspecified atom stereocenters. The maximum Gasteiger partial charge on any atom is 0.172 e. The van der Waals surface area contributed by atoms with Crippen LogP contribution in [0.4, 0.5) is 0 Å². The Kier molecular flexibility index (Phi) is 6.58. The number of nitrogens with zero attached hydrogens (tertiary/aromatic N) is 2. The molecule has 0 amide bonds. The largest absolute Gasteiger partial charge is 0.309 e. The van der Waals surface area contributed by atoms with E-state index in [4.69, 9.17) is 0 Å². The molecule has 0 fully saturated rings. The molecule has 0 saturated carbocycles. The van der Waals surface area contributed by atoms with Crippen molar-refractivity contribution in [2.75, 3.05) is 0 Å². The third-order valence-corrected chi connectivity index (χ3v) is 15.1. The molecule has 11 rings (SSSR count). The first-order valence-electron chi connectivity index (χ1n) is 18.6. The number of hydrogen-bond acceptors (Lipinski definition) is 2. The number of para-hydroxylation sites is 1. The molecule has 7 aromatic carbocycles. The lowest BCUT2D eigenvalue weighted by Crippen LogP contribution is -2.21. The van der Waals surface area contributed by atoms with E-state index in [0.717, 1.165) is 54.5 Å². The van der Waals surface area contributed by atoms with Crippen molar-refractivity contribution >= 4 is 44.9 Å². The number of rotatable bonds is 4. The molecule has 9 aromatic rings. The summed E-state index contributed by atoms with van der Waals surface area (Å²) < 4.78 is 18.1. The molecule has 54 heavy (non-hydrogen) atoms. The molecular weight excluding hydrogens is 676 g/mol. The fourth-order valence-electron chi connectivity index (χ4n) is 9.31. The lowest BCUT2D eigenvalue weighted by molar-refractivity contribution is 0.593.